The standard InChI is InChI=1S/C15H21N5O3/c1-11(10-21)3-8-17-15(22)20(2)9-13-18-14(19-23-13)12-4-6-16-7-5-12/h4-7,11,21H,3,8-10H2,1-2H3,(H,17,22)/t11-/m1/s1. The van der Waals surface area contributed by atoms with E-state index in [-0.39, 0.29) is 25.1 Å². The first-order valence-corrected chi connectivity index (χ1v) is 7.43. The second-order valence-electron chi connectivity index (χ2n) is 5.41. The van der Waals surface area contributed by atoms with E-state index in [0.29, 0.717) is 18.3 Å². The number of urea groups is 1. The number of rotatable bonds is 7. The van der Waals surface area contributed by atoms with E-state index < -0.39 is 0 Å². The summed E-state index contributed by atoms with van der Waals surface area (Å²) in [4.78, 5) is 21.6. The fourth-order valence-electron chi connectivity index (χ4n) is 1.86. The van der Waals surface area contributed by atoms with E-state index in [1.807, 2.05) is 6.92 Å². The van der Waals surface area contributed by atoms with Crippen LogP contribution in [0.3, 0.4) is 0 Å². The normalized spacial score (nSPS) is 12.0. The zero-order valence-corrected chi connectivity index (χ0v) is 13.3. The molecule has 0 aromatic carbocycles. The minimum absolute atomic E-state index is 0.117. The van der Waals surface area contributed by atoms with Crippen LogP contribution < -0.4 is 5.32 Å². The van der Waals surface area contributed by atoms with E-state index in [0.717, 1.165) is 12.0 Å². The van der Waals surface area contributed by atoms with Crippen LogP contribution in [0.5, 0.6) is 0 Å². The minimum atomic E-state index is -0.223. The summed E-state index contributed by atoms with van der Waals surface area (Å²) in [7, 11) is 1.65. The predicted molar refractivity (Wildman–Crippen MR) is 83.3 cm³/mol. The Labute approximate surface area is 134 Å². The van der Waals surface area contributed by atoms with Gasteiger partial charge in [-0.1, -0.05) is 12.1 Å². The van der Waals surface area contributed by atoms with Gasteiger partial charge in [0.2, 0.25) is 11.7 Å². The SMILES string of the molecule is C[C@@H](CO)CCNC(=O)N(C)Cc1nc(-c2ccncc2)no1. The summed E-state index contributed by atoms with van der Waals surface area (Å²) < 4.78 is 5.16. The Bertz CT molecular complexity index is 617. The molecule has 2 heterocycles. The number of nitrogens with one attached hydrogen (secondary N) is 1. The second-order valence-corrected chi connectivity index (χ2v) is 5.41. The highest BCUT2D eigenvalue weighted by molar-refractivity contribution is 5.73. The van der Waals surface area contributed by atoms with Gasteiger partial charge in [0.1, 0.15) is 6.54 Å². The van der Waals surface area contributed by atoms with Crippen LogP contribution in [0.4, 0.5) is 4.79 Å². The summed E-state index contributed by atoms with van der Waals surface area (Å²) >= 11 is 0. The maximum Gasteiger partial charge on any atom is 0.317 e. The van der Waals surface area contributed by atoms with Gasteiger partial charge in [0.25, 0.3) is 0 Å². The van der Waals surface area contributed by atoms with Crippen LogP contribution in [0.25, 0.3) is 11.4 Å². The summed E-state index contributed by atoms with van der Waals surface area (Å²) in [6.45, 7) is 2.77. The largest absolute Gasteiger partial charge is 0.396 e. The van der Waals surface area contributed by atoms with Crippen LogP contribution >= 0.6 is 0 Å². The number of aliphatic hydroxyl groups excluding tert-OH is 1. The molecule has 2 aromatic rings. The van der Waals surface area contributed by atoms with Crippen molar-refractivity contribution in [2.24, 2.45) is 5.92 Å². The summed E-state index contributed by atoms with van der Waals surface area (Å²) in [6, 6.07) is 3.35. The Morgan fingerprint density at radius 2 is 2.17 bits per heavy atom. The third-order valence-electron chi connectivity index (χ3n) is 3.35. The molecule has 8 heteroatoms. The van der Waals surface area contributed by atoms with Gasteiger partial charge in [-0.3, -0.25) is 4.98 Å². The van der Waals surface area contributed by atoms with Crippen molar-refractivity contribution in [3.8, 4) is 11.4 Å². The van der Waals surface area contributed by atoms with E-state index in [1.165, 1.54) is 4.90 Å². The molecule has 0 unspecified atom stereocenters. The third-order valence-corrected chi connectivity index (χ3v) is 3.35. The van der Waals surface area contributed by atoms with Gasteiger partial charge in [0, 0.05) is 38.2 Å². The smallest absolute Gasteiger partial charge is 0.317 e. The van der Waals surface area contributed by atoms with Crippen molar-refractivity contribution in [1.82, 2.24) is 25.3 Å². The lowest BCUT2D eigenvalue weighted by molar-refractivity contribution is 0.196. The molecular weight excluding hydrogens is 298 g/mol. The first kappa shape index (κ1) is 16.9. The van der Waals surface area contributed by atoms with Gasteiger partial charge in [0.15, 0.2) is 0 Å². The van der Waals surface area contributed by atoms with Gasteiger partial charge in [-0.15, -0.1) is 0 Å². The molecule has 0 aliphatic rings. The molecule has 0 aliphatic heterocycles. The maximum absolute atomic E-state index is 11.9. The number of aromatic nitrogens is 3. The molecule has 23 heavy (non-hydrogen) atoms. The lowest BCUT2D eigenvalue weighted by Crippen LogP contribution is -2.37. The third kappa shape index (κ3) is 5.03. The van der Waals surface area contributed by atoms with Gasteiger partial charge in [0.05, 0.1) is 0 Å². The Morgan fingerprint density at radius 1 is 1.43 bits per heavy atom. The van der Waals surface area contributed by atoms with Crippen molar-refractivity contribution in [1.29, 1.82) is 0 Å². The monoisotopic (exact) mass is 319 g/mol. The molecule has 1 atom stereocenters. The van der Waals surface area contributed by atoms with Crippen LogP contribution in [-0.4, -0.2) is 51.4 Å². The highest BCUT2D eigenvalue weighted by Crippen LogP contribution is 2.14. The molecule has 0 saturated heterocycles. The van der Waals surface area contributed by atoms with Crippen LogP contribution in [0.1, 0.15) is 19.2 Å². The average Bonchev–Trinajstić information content (AvgIpc) is 3.03. The number of carbonyl (C=O) groups is 1. The molecule has 0 saturated carbocycles. The number of pyridine rings is 1. The molecule has 0 fully saturated rings. The van der Waals surface area contributed by atoms with Gasteiger partial charge < -0.3 is 19.8 Å². The van der Waals surface area contributed by atoms with E-state index in [4.69, 9.17) is 9.63 Å². The van der Waals surface area contributed by atoms with Crippen molar-refractivity contribution in [3.05, 3.63) is 30.4 Å². The molecule has 0 aliphatic carbocycles. The van der Waals surface area contributed by atoms with E-state index in [9.17, 15) is 4.79 Å². The second kappa shape index (κ2) is 8.23. The highest BCUT2D eigenvalue weighted by atomic mass is 16.5. The topological polar surface area (TPSA) is 104 Å². The molecule has 2 rings (SSSR count). The Balaban J connectivity index is 1.84. The van der Waals surface area contributed by atoms with Gasteiger partial charge in [-0.05, 0) is 24.5 Å². The fourth-order valence-corrected chi connectivity index (χ4v) is 1.86. The van der Waals surface area contributed by atoms with Crippen molar-refractivity contribution in [2.45, 2.75) is 19.9 Å². The first-order chi connectivity index (χ1) is 11.1. The quantitative estimate of drug-likeness (QED) is 0.797. The molecule has 0 bridgehead atoms. The summed E-state index contributed by atoms with van der Waals surface area (Å²) in [6.07, 6.45) is 4.03. The Hall–Kier alpha value is -2.48. The van der Waals surface area contributed by atoms with Crippen molar-refractivity contribution >= 4 is 6.03 Å². The van der Waals surface area contributed by atoms with Gasteiger partial charge in [-0.25, -0.2) is 4.79 Å². The maximum atomic E-state index is 11.9. The molecule has 2 amide bonds. The minimum Gasteiger partial charge on any atom is -0.396 e. The van der Waals surface area contributed by atoms with E-state index in [2.05, 4.69) is 20.4 Å². The van der Waals surface area contributed by atoms with Crippen molar-refractivity contribution in [3.63, 3.8) is 0 Å². The zero-order chi connectivity index (χ0) is 16.7. The molecule has 0 spiro atoms. The van der Waals surface area contributed by atoms with Crippen LogP contribution in [0.15, 0.2) is 29.0 Å². The summed E-state index contributed by atoms with van der Waals surface area (Å²) in [5, 5.41) is 15.6. The molecule has 0 radical (unpaired) electrons. The van der Waals surface area contributed by atoms with Crippen LogP contribution in [0, 0.1) is 5.92 Å². The first-order valence-electron chi connectivity index (χ1n) is 7.43. The van der Waals surface area contributed by atoms with Crippen LogP contribution in [0.2, 0.25) is 0 Å². The number of carbonyl (C=O) groups excluding carboxylic acids is 1. The number of hydrogen-bond acceptors (Lipinski definition) is 6. The Kier molecular flexibility index (Phi) is 6.04. The fraction of sp³-hybridized carbons (Fsp3) is 0.467. The van der Waals surface area contributed by atoms with Crippen molar-refractivity contribution < 1.29 is 14.4 Å². The number of aliphatic hydroxyl groups is 1. The Morgan fingerprint density at radius 3 is 2.87 bits per heavy atom. The van der Waals surface area contributed by atoms with E-state index >= 15 is 0 Å². The van der Waals surface area contributed by atoms with Gasteiger partial charge >= 0.3 is 6.03 Å². The zero-order valence-electron chi connectivity index (χ0n) is 13.3. The molecule has 124 valence electrons. The van der Waals surface area contributed by atoms with Gasteiger partial charge in [-0.2, -0.15) is 4.98 Å². The summed E-state index contributed by atoms with van der Waals surface area (Å²) in [5.74, 6) is 0.991. The number of amides is 2. The van der Waals surface area contributed by atoms with Crippen LogP contribution in [-0.2, 0) is 6.54 Å². The lowest BCUT2D eigenvalue weighted by Gasteiger charge is -2.16. The highest BCUT2D eigenvalue weighted by Gasteiger charge is 2.14. The predicted octanol–water partition coefficient (Wildman–Crippen LogP) is 1.29. The number of nitrogens with zero attached hydrogens (tertiary/aromatic N) is 4. The van der Waals surface area contributed by atoms with Crippen molar-refractivity contribution in [2.75, 3.05) is 20.2 Å². The molecule has 8 nitrogen and oxygen atoms in total. The molecular formula is C15H21N5O3. The molecule has 2 N–H and O–H groups in total. The average molecular weight is 319 g/mol. The van der Waals surface area contributed by atoms with E-state index in [1.54, 1.807) is 31.6 Å². The summed E-state index contributed by atoms with van der Waals surface area (Å²) in [5.41, 5.74) is 0.806. The molecule has 2 aromatic heterocycles. The number of hydrogen-bond donors (Lipinski definition) is 2. The lowest BCUT2D eigenvalue weighted by atomic mass is 10.1.